The summed E-state index contributed by atoms with van der Waals surface area (Å²) in [6, 6.07) is 2.08. The van der Waals surface area contributed by atoms with Gasteiger partial charge in [0.25, 0.3) is 0 Å². The van der Waals surface area contributed by atoms with Crippen LogP contribution in [0.5, 0.6) is 5.75 Å². The van der Waals surface area contributed by atoms with E-state index in [1.54, 1.807) is 0 Å². The van der Waals surface area contributed by atoms with Crippen LogP contribution in [0.1, 0.15) is 36.1 Å². The van der Waals surface area contributed by atoms with Crippen LogP contribution in [0, 0.1) is 20.8 Å². The zero-order chi connectivity index (χ0) is 11.6. The average molecular weight is 227 g/mol. The highest BCUT2D eigenvalue weighted by Crippen LogP contribution is 2.29. The van der Waals surface area contributed by atoms with Gasteiger partial charge in [0.2, 0.25) is 0 Å². The predicted molar refractivity (Wildman–Crippen MR) is 66.0 cm³/mol. The molecule has 0 aromatic heterocycles. The van der Waals surface area contributed by atoms with Crippen LogP contribution >= 0.6 is 11.6 Å². The zero-order valence-electron chi connectivity index (χ0n) is 10.1. The van der Waals surface area contributed by atoms with E-state index in [2.05, 4.69) is 26.8 Å². The highest BCUT2D eigenvalue weighted by Gasteiger charge is 2.11. The largest absolute Gasteiger partial charge is 0.491 e. The lowest BCUT2D eigenvalue weighted by Crippen LogP contribution is -2.08. The van der Waals surface area contributed by atoms with Crippen molar-refractivity contribution >= 4 is 11.6 Å². The summed E-state index contributed by atoms with van der Waals surface area (Å²) in [4.78, 5) is 0. The number of halogens is 1. The Hall–Kier alpha value is -0.690. The van der Waals surface area contributed by atoms with Crippen LogP contribution in [-0.4, -0.2) is 6.10 Å². The molecule has 0 heterocycles. The van der Waals surface area contributed by atoms with E-state index in [4.69, 9.17) is 16.3 Å². The predicted octanol–water partition coefficient (Wildman–Crippen LogP) is 4.14. The molecule has 0 fully saturated rings. The number of rotatable bonds is 3. The molecule has 0 N–H and O–H groups in total. The minimum Gasteiger partial charge on any atom is -0.491 e. The van der Waals surface area contributed by atoms with Crippen molar-refractivity contribution in [2.24, 2.45) is 0 Å². The van der Waals surface area contributed by atoms with Crippen LogP contribution in [0.4, 0.5) is 0 Å². The van der Waals surface area contributed by atoms with Gasteiger partial charge in [0, 0.05) is 5.88 Å². The number of benzene rings is 1. The van der Waals surface area contributed by atoms with E-state index in [1.165, 1.54) is 22.3 Å². The fraction of sp³-hybridized carbons (Fsp3) is 0.538. The summed E-state index contributed by atoms with van der Waals surface area (Å²) >= 11 is 5.93. The molecule has 0 radical (unpaired) electrons. The second kappa shape index (κ2) is 4.89. The van der Waals surface area contributed by atoms with Gasteiger partial charge in [-0.1, -0.05) is 0 Å². The molecule has 1 rings (SSSR count). The molecule has 0 saturated carbocycles. The molecule has 0 atom stereocenters. The van der Waals surface area contributed by atoms with Gasteiger partial charge >= 0.3 is 0 Å². The third-order valence-electron chi connectivity index (χ3n) is 2.70. The lowest BCUT2D eigenvalue weighted by molar-refractivity contribution is 0.240. The Morgan fingerprint density at radius 3 is 2.27 bits per heavy atom. The van der Waals surface area contributed by atoms with Crippen LogP contribution in [0.2, 0.25) is 0 Å². The summed E-state index contributed by atoms with van der Waals surface area (Å²) in [6.45, 7) is 10.4. The van der Waals surface area contributed by atoms with Crippen molar-refractivity contribution in [3.05, 3.63) is 28.3 Å². The molecule has 0 saturated heterocycles. The molecule has 1 nitrogen and oxygen atoms in total. The van der Waals surface area contributed by atoms with Crippen molar-refractivity contribution < 1.29 is 4.74 Å². The highest BCUT2D eigenvalue weighted by atomic mass is 35.5. The molecular weight excluding hydrogens is 208 g/mol. The number of alkyl halides is 1. The topological polar surface area (TPSA) is 9.23 Å². The van der Waals surface area contributed by atoms with E-state index in [0.717, 1.165) is 5.75 Å². The van der Waals surface area contributed by atoms with Crippen LogP contribution in [0.25, 0.3) is 0 Å². The lowest BCUT2D eigenvalue weighted by Gasteiger charge is -2.17. The maximum Gasteiger partial charge on any atom is 0.123 e. The Morgan fingerprint density at radius 2 is 1.80 bits per heavy atom. The Bertz CT molecular complexity index is 356. The lowest BCUT2D eigenvalue weighted by atomic mass is 9.98. The van der Waals surface area contributed by atoms with Gasteiger partial charge in [-0.2, -0.15) is 0 Å². The quantitative estimate of drug-likeness (QED) is 0.704. The van der Waals surface area contributed by atoms with Gasteiger partial charge in [0.1, 0.15) is 5.75 Å². The molecule has 0 aliphatic rings. The van der Waals surface area contributed by atoms with Crippen molar-refractivity contribution in [3.63, 3.8) is 0 Å². The first kappa shape index (κ1) is 12.4. The molecule has 1 aromatic rings. The second-order valence-electron chi connectivity index (χ2n) is 4.22. The molecule has 15 heavy (non-hydrogen) atoms. The number of aryl methyl sites for hydroxylation is 1. The molecule has 2 heteroatoms. The van der Waals surface area contributed by atoms with Gasteiger partial charge in [-0.25, -0.2) is 0 Å². The van der Waals surface area contributed by atoms with Gasteiger partial charge in [-0.3, -0.25) is 0 Å². The van der Waals surface area contributed by atoms with E-state index in [9.17, 15) is 0 Å². The van der Waals surface area contributed by atoms with Crippen molar-refractivity contribution in [1.29, 1.82) is 0 Å². The Kier molecular flexibility index (Phi) is 4.04. The first-order chi connectivity index (χ1) is 6.97. The van der Waals surface area contributed by atoms with Crippen LogP contribution in [0.3, 0.4) is 0 Å². The zero-order valence-corrected chi connectivity index (χ0v) is 10.9. The Labute approximate surface area is 97.4 Å². The van der Waals surface area contributed by atoms with E-state index in [-0.39, 0.29) is 6.10 Å². The standard InChI is InChI=1S/C13H19ClO/c1-8(2)15-13-6-9(3)12(7-14)10(4)11(13)5/h6,8H,7H2,1-5H3. The monoisotopic (exact) mass is 226 g/mol. The highest BCUT2D eigenvalue weighted by molar-refractivity contribution is 6.17. The van der Waals surface area contributed by atoms with E-state index in [0.29, 0.717) is 5.88 Å². The van der Waals surface area contributed by atoms with Crippen LogP contribution in [0.15, 0.2) is 6.07 Å². The maximum absolute atomic E-state index is 5.93. The first-order valence-electron chi connectivity index (χ1n) is 5.29. The van der Waals surface area contributed by atoms with Crippen molar-refractivity contribution in [2.45, 2.75) is 46.6 Å². The molecule has 0 aliphatic carbocycles. The molecule has 1 aromatic carbocycles. The molecule has 0 spiro atoms. The molecular formula is C13H19ClO. The van der Waals surface area contributed by atoms with Gasteiger partial charge in [-0.05, 0) is 62.9 Å². The first-order valence-corrected chi connectivity index (χ1v) is 5.83. The van der Waals surface area contributed by atoms with Crippen LogP contribution < -0.4 is 4.74 Å². The fourth-order valence-electron chi connectivity index (χ4n) is 1.68. The minimum absolute atomic E-state index is 0.212. The molecule has 0 bridgehead atoms. The second-order valence-corrected chi connectivity index (χ2v) is 4.49. The summed E-state index contributed by atoms with van der Waals surface area (Å²) in [5.41, 5.74) is 4.89. The van der Waals surface area contributed by atoms with Gasteiger partial charge < -0.3 is 4.74 Å². The summed E-state index contributed by atoms with van der Waals surface area (Å²) in [7, 11) is 0. The van der Waals surface area contributed by atoms with Crippen molar-refractivity contribution in [3.8, 4) is 5.75 Å². The Balaban J connectivity index is 3.21. The van der Waals surface area contributed by atoms with E-state index >= 15 is 0 Å². The summed E-state index contributed by atoms with van der Waals surface area (Å²) in [6.07, 6.45) is 0.212. The molecule has 84 valence electrons. The summed E-state index contributed by atoms with van der Waals surface area (Å²) in [5, 5.41) is 0. The van der Waals surface area contributed by atoms with Gasteiger partial charge in [0.15, 0.2) is 0 Å². The minimum atomic E-state index is 0.212. The van der Waals surface area contributed by atoms with Crippen molar-refractivity contribution in [2.75, 3.05) is 0 Å². The molecule has 0 unspecified atom stereocenters. The normalized spacial score (nSPS) is 10.9. The van der Waals surface area contributed by atoms with Gasteiger partial charge in [0.05, 0.1) is 6.10 Å². The fourth-order valence-corrected chi connectivity index (χ4v) is 2.09. The van der Waals surface area contributed by atoms with E-state index < -0.39 is 0 Å². The van der Waals surface area contributed by atoms with Crippen LogP contribution in [-0.2, 0) is 5.88 Å². The average Bonchev–Trinajstić information content (AvgIpc) is 2.14. The smallest absolute Gasteiger partial charge is 0.123 e. The van der Waals surface area contributed by atoms with Gasteiger partial charge in [-0.15, -0.1) is 11.6 Å². The third-order valence-corrected chi connectivity index (χ3v) is 2.97. The number of hydrogen-bond acceptors (Lipinski definition) is 1. The maximum atomic E-state index is 5.93. The molecule has 0 amide bonds. The third kappa shape index (κ3) is 2.66. The summed E-state index contributed by atoms with van der Waals surface area (Å²) in [5.74, 6) is 1.55. The SMILES string of the molecule is Cc1cc(OC(C)C)c(C)c(C)c1CCl. The number of hydrogen-bond donors (Lipinski definition) is 0. The van der Waals surface area contributed by atoms with E-state index in [1.807, 2.05) is 13.8 Å². The summed E-state index contributed by atoms with van der Waals surface area (Å²) < 4.78 is 5.76. The number of ether oxygens (including phenoxy) is 1. The Morgan fingerprint density at radius 1 is 1.20 bits per heavy atom. The molecule has 0 aliphatic heterocycles. The van der Waals surface area contributed by atoms with Crippen molar-refractivity contribution in [1.82, 2.24) is 0 Å².